The summed E-state index contributed by atoms with van der Waals surface area (Å²) in [5, 5.41) is 5.20. The van der Waals surface area contributed by atoms with Crippen molar-refractivity contribution >= 4 is 33.7 Å². The first kappa shape index (κ1) is 26.5. The SMILES string of the molecule is CCc1c2c(n(-c3ccc4cc(-c5ccc6c7c(cccc57)-c5ccccc5-6)ccc4c3)c1/C=C1\Cc3ccccc3O1)C=CC1CC21. The van der Waals surface area contributed by atoms with Gasteiger partial charge in [-0.25, -0.2) is 0 Å². The lowest BCUT2D eigenvalue weighted by Crippen LogP contribution is -2.02. The fourth-order valence-electron chi connectivity index (χ4n) is 8.98. The van der Waals surface area contributed by atoms with Crippen LogP contribution in [0.4, 0.5) is 0 Å². The van der Waals surface area contributed by atoms with Crippen LogP contribution >= 0.6 is 0 Å². The van der Waals surface area contributed by atoms with Crippen molar-refractivity contribution in [3.05, 3.63) is 155 Å². The van der Waals surface area contributed by atoms with Crippen molar-refractivity contribution in [2.45, 2.75) is 32.1 Å². The van der Waals surface area contributed by atoms with Gasteiger partial charge in [-0.1, -0.05) is 104 Å². The van der Waals surface area contributed by atoms with E-state index < -0.39 is 0 Å². The molecule has 4 aliphatic rings. The number of benzene rings is 6. The maximum atomic E-state index is 6.39. The van der Waals surface area contributed by atoms with E-state index in [1.54, 1.807) is 5.56 Å². The molecule has 228 valence electrons. The number of para-hydroxylation sites is 1. The van der Waals surface area contributed by atoms with Crippen molar-refractivity contribution in [2.24, 2.45) is 5.92 Å². The van der Waals surface area contributed by atoms with Crippen LogP contribution in [0.1, 0.15) is 47.3 Å². The Hall–Kier alpha value is -5.60. The molecule has 1 fully saturated rings. The van der Waals surface area contributed by atoms with Gasteiger partial charge in [0.25, 0.3) is 0 Å². The van der Waals surface area contributed by atoms with Crippen molar-refractivity contribution in [1.82, 2.24) is 4.57 Å². The molecule has 2 heterocycles. The second-order valence-electron chi connectivity index (χ2n) is 13.9. The number of allylic oxidation sites excluding steroid dienone is 2. The lowest BCUT2D eigenvalue weighted by atomic mass is 9.93. The zero-order valence-corrected chi connectivity index (χ0v) is 26.8. The maximum absolute atomic E-state index is 6.39. The molecule has 3 aliphatic carbocycles. The molecule has 2 heteroatoms. The number of nitrogens with zero attached hydrogens (tertiary/aromatic N) is 1. The number of fused-ring (bicyclic) bond motifs is 8. The van der Waals surface area contributed by atoms with Gasteiger partial charge in [0.2, 0.25) is 0 Å². The van der Waals surface area contributed by atoms with Crippen LogP contribution in [0.5, 0.6) is 5.75 Å². The van der Waals surface area contributed by atoms with E-state index >= 15 is 0 Å². The van der Waals surface area contributed by atoms with E-state index in [1.807, 2.05) is 0 Å². The summed E-state index contributed by atoms with van der Waals surface area (Å²) in [6.45, 7) is 2.31. The highest BCUT2D eigenvalue weighted by atomic mass is 16.5. The number of hydrogen-bond acceptors (Lipinski definition) is 1. The second-order valence-corrected chi connectivity index (χ2v) is 13.9. The van der Waals surface area contributed by atoms with Gasteiger partial charge in [-0.3, -0.25) is 0 Å². The number of aromatic nitrogens is 1. The molecule has 0 bridgehead atoms. The van der Waals surface area contributed by atoms with Crippen LogP contribution in [0.2, 0.25) is 0 Å². The van der Waals surface area contributed by atoms with Crippen LogP contribution in [0.15, 0.2) is 127 Å². The van der Waals surface area contributed by atoms with Crippen molar-refractivity contribution < 1.29 is 4.74 Å². The predicted octanol–water partition coefficient (Wildman–Crippen LogP) is 11.8. The van der Waals surface area contributed by atoms with Gasteiger partial charge >= 0.3 is 0 Å². The normalized spacial score (nSPS) is 18.6. The molecule has 1 aliphatic heterocycles. The van der Waals surface area contributed by atoms with Crippen LogP contribution in [0.25, 0.3) is 72.8 Å². The third-order valence-corrected chi connectivity index (χ3v) is 11.3. The average Bonchev–Trinajstić information content (AvgIpc) is 3.55. The Morgan fingerprint density at radius 3 is 2.40 bits per heavy atom. The van der Waals surface area contributed by atoms with E-state index in [1.165, 1.54) is 89.5 Å². The fourth-order valence-corrected chi connectivity index (χ4v) is 8.98. The first-order valence-corrected chi connectivity index (χ1v) is 17.4. The first-order chi connectivity index (χ1) is 23.7. The van der Waals surface area contributed by atoms with Gasteiger partial charge in [-0.15, -0.1) is 0 Å². The van der Waals surface area contributed by atoms with Gasteiger partial charge < -0.3 is 9.30 Å². The van der Waals surface area contributed by atoms with E-state index in [0.717, 1.165) is 24.4 Å². The molecular weight excluding hydrogens is 583 g/mol. The summed E-state index contributed by atoms with van der Waals surface area (Å²) in [6.07, 6.45) is 10.3. The fraction of sp³-hybridized carbons (Fsp3) is 0.130. The number of rotatable bonds is 4. The molecule has 0 radical (unpaired) electrons. The molecule has 0 spiro atoms. The molecule has 2 atom stereocenters. The minimum atomic E-state index is 0.647. The van der Waals surface area contributed by atoms with Gasteiger partial charge in [-0.2, -0.15) is 0 Å². The Kier molecular flexibility index (Phi) is 5.36. The topological polar surface area (TPSA) is 14.2 Å². The quantitative estimate of drug-likeness (QED) is 0.192. The van der Waals surface area contributed by atoms with Crippen molar-refractivity contribution in [3.8, 4) is 44.8 Å². The van der Waals surface area contributed by atoms with E-state index in [2.05, 4.69) is 145 Å². The summed E-state index contributed by atoms with van der Waals surface area (Å²) in [7, 11) is 0. The zero-order valence-electron chi connectivity index (χ0n) is 26.8. The molecule has 0 saturated heterocycles. The first-order valence-electron chi connectivity index (χ1n) is 17.4. The van der Waals surface area contributed by atoms with Crippen LogP contribution in [0.3, 0.4) is 0 Å². The molecule has 1 aromatic heterocycles. The summed E-state index contributed by atoms with van der Waals surface area (Å²) in [5.74, 6) is 3.35. The Morgan fingerprint density at radius 1 is 0.750 bits per heavy atom. The van der Waals surface area contributed by atoms with Crippen molar-refractivity contribution in [3.63, 3.8) is 0 Å². The summed E-state index contributed by atoms with van der Waals surface area (Å²) in [5.41, 5.74) is 16.0. The lowest BCUT2D eigenvalue weighted by molar-refractivity contribution is 0.451. The third-order valence-electron chi connectivity index (χ3n) is 11.3. The van der Waals surface area contributed by atoms with Gasteiger partial charge in [0.15, 0.2) is 0 Å². The highest BCUT2D eigenvalue weighted by Crippen LogP contribution is 2.56. The maximum Gasteiger partial charge on any atom is 0.130 e. The van der Waals surface area contributed by atoms with E-state index in [-0.39, 0.29) is 0 Å². The van der Waals surface area contributed by atoms with Crippen LogP contribution in [-0.2, 0) is 12.8 Å². The molecule has 2 unspecified atom stereocenters. The molecule has 2 nitrogen and oxygen atoms in total. The molecule has 6 aromatic carbocycles. The molecule has 11 rings (SSSR count). The average molecular weight is 616 g/mol. The molecule has 7 aromatic rings. The third kappa shape index (κ3) is 3.69. The van der Waals surface area contributed by atoms with E-state index in [0.29, 0.717) is 11.8 Å². The number of ether oxygens (including phenoxy) is 1. The van der Waals surface area contributed by atoms with Gasteiger partial charge in [0.1, 0.15) is 11.5 Å². The highest BCUT2D eigenvalue weighted by molar-refractivity contribution is 6.18. The summed E-state index contributed by atoms with van der Waals surface area (Å²) >= 11 is 0. The summed E-state index contributed by atoms with van der Waals surface area (Å²) in [4.78, 5) is 0. The summed E-state index contributed by atoms with van der Waals surface area (Å²) < 4.78 is 8.90. The molecule has 0 N–H and O–H groups in total. The Labute approximate surface area is 280 Å². The zero-order chi connectivity index (χ0) is 31.5. The second kappa shape index (κ2) is 9.71. The molecule has 1 saturated carbocycles. The van der Waals surface area contributed by atoms with Crippen LogP contribution in [-0.4, -0.2) is 4.57 Å². The van der Waals surface area contributed by atoms with Crippen LogP contribution in [0, 0.1) is 5.92 Å². The molecule has 48 heavy (non-hydrogen) atoms. The minimum absolute atomic E-state index is 0.647. The number of hydrogen-bond donors (Lipinski definition) is 0. The minimum Gasteiger partial charge on any atom is -0.461 e. The standard InChI is InChI=1S/C46H33NO/c1-2-34-43(26-33-24-31-8-3-6-13-44(31)48-33)47(42-21-17-30-25-41(30)46(34)42)32-18-16-27-22-29(15-14-28(27)23-32)35-19-20-40-37-10-5-4-9-36(37)39-12-7-11-38(35)45(39)40/h3-23,26,30,41H,2,24-25H2,1H3/b33-26+. The van der Waals surface area contributed by atoms with Crippen molar-refractivity contribution in [1.29, 1.82) is 0 Å². The van der Waals surface area contributed by atoms with Gasteiger partial charge in [0, 0.05) is 29.4 Å². The van der Waals surface area contributed by atoms with E-state index in [9.17, 15) is 0 Å². The largest absolute Gasteiger partial charge is 0.461 e. The van der Waals surface area contributed by atoms with E-state index in [4.69, 9.17) is 4.74 Å². The van der Waals surface area contributed by atoms with Crippen molar-refractivity contribution in [2.75, 3.05) is 0 Å². The molecule has 0 amide bonds. The lowest BCUT2D eigenvalue weighted by Gasteiger charge is -2.15. The molecular formula is C46H33NO. The Bertz CT molecular complexity index is 2540. The monoisotopic (exact) mass is 615 g/mol. The van der Waals surface area contributed by atoms with Crippen LogP contribution < -0.4 is 4.74 Å². The predicted molar refractivity (Wildman–Crippen MR) is 199 cm³/mol. The van der Waals surface area contributed by atoms with Gasteiger partial charge in [-0.05, 0) is 121 Å². The smallest absolute Gasteiger partial charge is 0.130 e. The van der Waals surface area contributed by atoms with Gasteiger partial charge in [0.05, 0.1) is 5.69 Å². The Balaban J connectivity index is 1.04. The Morgan fingerprint density at radius 2 is 1.52 bits per heavy atom. The highest BCUT2D eigenvalue weighted by Gasteiger charge is 2.43. The summed E-state index contributed by atoms with van der Waals surface area (Å²) in [6, 6.07) is 42.6.